The minimum atomic E-state index is -1.32. The van der Waals surface area contributed by atoms with Gasteiger partial charge in [0.25, 0.3) is 0 Å². The summed E-state index contributed by atoms with van der Waals surface area (Å²) in [5.41, 5.74) is 3.91. The number of phenolic OH excluding ortho intramolecular Hbond substituents is 2. The summed E-state index contributed by atoms with van der Waals surface area (Å²) in [5, 5.41) is 38.6. The van der Waals surface area contributed by atoms with Crippen molar-refractivity contribution < 1.29 is 53.3 Å². The summed E-state index contributed by atoms with van der Waals surface area (Å²) in [7, 11) is 6.84. The number of thioether (sulfide) groups is 1. The van der Waals surface area contributed by atoms with E-state index in [2.05, 4.69) is 5.32 Å². The molecule has 0 radical (unpaired) electrons. The number of esters is 2. The number of aliphatic hydroxyl groups excluding tert-OH is 1. The standard InChI is InChI=1S/C40H49N3O11S/c1-19-11-24-13-30(46)43-26(31-20(2)36(54-22(4)44)21(3)37-38(31)53-18-52-37)15-51-39(48)40(25-14-29(49-7)28(45)12-23(25)9-10-41-40)17-55-16-27(43)33(42(5)6)32(24)34(47)35(19)50-8/h11-12,14,26-27,30,33,41,45-47H,9-10,13,15-18H2,1-8H3/t26-,27?,30-,33+,40+/m0/s1. The molecule has 0 saturated carbocycles. The molecule has 3 aromatic rings. The topological polar surface area (TPSA) is 169 Å². The number of aromatic hydroxyl groups is 2. The third kappa shape index (κ3) is 6.39. The van der Waals surface area contributed by atoms with Gasteiger partial charge in [0.1, 0.15) is 18.6 Å². The molecule has 4 aliphatic rings. The van der Waals surface area contributed by atoms with Gasteiger partial charge in [-0.2, -0.15) is 11.8 Å². The molecule has 0 bridgehead atoms. The second-order valence-electron chi connectivity index (χ2n) is 14.8. The van der Waals surface area contributed by atoms with Gasteiger partial charge in [-0.1, -0.05) is 6.07 Å². The van der Waals surface area contributed by atoms with Gasteiger partial charge in [-0.25, -0.2) is 4.79 Å². The normalized spacial score (nSPS) is 25.0. The molecule has 0 amide bonds. The largest absolute Gasteiger partial charge is 0.504 e. The summed E-state index contributed by atoms with van der Waals surface area (Å²) >= 11 is 1.51. The van der Waals surface area contributed by atoms with Crippen LogP contribution in [-0.2, 0) is 32.7 Å². The number of ether oxygens (including phenoxy) is 6. The Labute approximate surface area is 324 Å². The number of phenols is 2. The van der Waals surface area contributed by atoms with Crippen molar-refractivity contribution in [2.75, 3.05) is 59.8 Å². The number of rotatable bonds is 5. The maximum absolute atomic E-state index is 14.8. The number of benzene rings is 3. The first-order chi connectivity index (χ1) is 26.2. The molecule has 0 aromatic heterocycles. The minimum Gasteiger partial charge on any atom is -0.504 e. The van der Waals surface area contributed by atoms with Crippen LogP contribution in [0.15, 0.2) is 18.2 Å². The Morgan fingerprint density at radius 2 is 1.75 bits per heavy atom. The maximum Gasteiger partial charge on any atom is 0.331 e. The molecule has 4 N–H and O–H groups in total. The van der Waals surface area contributed by atoms with Gasteiger partial charge in [-0.15, -0.1) is 0 Å². The fourth-order valence-corrected chi connectivity index (χ4v) is 10.4. The van der Waals surface area contributed by atoms with Gasteiger partial charge in [0.15, 0.2) is 40.0 Å². The van der Waals surface area contributed by atoms with E-state index in [1.165, 1.54) is 32.9 Å². The number of carbonyl (C=O) groups excluding carboxylic acids is 2. The lowest BCUT2D eigenvalue weighted by atomic mass is 9.83. The minimum absolute atomic E-state index is 0.00264. The fraction of sp³-hybridized carbons (Fsp3) is 0.500. The number of hydrogen-bond donors (Lipinski definition) is 4. The van der Waals surface area contributed by atoms with Crippen LogP contribution in [0.5, 0.6) is 40.2 Å². The van der Waals surface area contributed by atoms with Crippen molar-refractivity contribution in [2.45, 2.75) is 70.4 Å². The van der Waals surface area contributed by atoms with Crippen LogP contribution in [-0.4, -0.2) is 109 Å². The number of aliphatic hydroxyl groups is 1. The number of fused-ring (bicyclic) bond motifs is 5. The Morgan fingerprint density at radius 3 is 2.44 bits per heavy atom. The molecule has 1 spiro atoms. The lowest BCUT2D eigenvalue weighted by molar-refractivity contribution is -0.157. The average Bonchev–Trinajstić information content (AvgIpc) is 3.58. The van der Waals surface area contributed by atoms with Gasteiger partial charge in [0, 0.05) is 59.7 Å². The van der Waals surface area contributed by atoms with Gasteiger partial charge in [0.05, 0.1) is 26.3 Å². The third-order valence-corrected chi connectivity index (χ3v) is 12.6. The lowest BCUT2D eigenvalue weighted by Crippen LogP contribution is -2.58. The van der Waals surface area contributed by atoms with Gasteiger partial charge in [-0.3, -0.25) is 15.0 Å². The van der Waals surface area contributed by atoms with Crippen LogP contribution in [0.3, 0.4) is 0 Å². The van der Waals surface area contributed by atoms with Crippen LogP contribution < -0.4 is 29.0 Å². The average molecular weight is 780 g/mol. The maximum atomic E-state index is 14.8. The molecule has 1 unspecified atom stereocenters. The van der Waals surface area contributed by atoms with Crippen molar-refractivity contribution >= 4 is 23.7 Å². The third-order valence-electron chi connectivity index (χ3n) is 11.4. The first kappa shape index (κ1) is 38.8. The molecule has 4 heterocycles. The summed E-state index contributed by atoms with van der Waals surface area (Å²) in [6.07, 6.45) is -0.439. The van der Waals surface area contributed by atoms with Crippen molar-refractivity contribution in [1.29, 1.82) is 0 Å². The van der Waals surface area contributed by atoms with E-state index in [9.17, 15) is 24.9 Å². The molecule has 1 fully saturated rings. The number of cyclic esters (lactones) is 1. The number of hydrogen-bond acceptors (Lipinski definition) is 15. The molecule has 0 aliphatic carbocycles. The van der Waals surface area contributed by atoms with E-state index < -0.39 is 41.8 Å². The summed E-state index contributed by atoms with van der Waals surface area (Å²) in [6.45, 7) is 6.91. The molecule has 15 heteroatoms. The first-order valence-electron chi connectivity index (χ1n) is 18.3. The van der Waals surface area contributed by atoms with Crippen molar-refractivity contribution in [3.63, 3.8) is 0 Å². The zero-order chi connectivity index (χ0) is 39.5. The van der Waals surface area contributed by atoms with E-state index in [-0.39, 0.29) is 42.8 Å². The Morgan fingerprint density at radius 1 is 1.00 bits per heavy atom. The number of likely N-dealkylation sites (N-methyl/N-ethyl adjacent to an activating group) is 1. The first-order valence-corrected chi connectivity index (χ1v) is 19.4. The van der Waals surface area contributed by atoms with E-state index in [1.54, 1.807) is 19.1 Å². The highest BCUT2D eigenvalue weighted by Gasteiger charge is 2.51. The number of carbonyl (C=O) groups is 2. The van der Waals surface area contributed by atoms with E-state index in [4.69, 9.17) is 28.4 Å². The van der Waals surface area contributed by atoms with Crippen molar-refractivity contribution in [2.24, 2.45) is 0 Å². The molecular formula is C40H49N3O11S. The molecule has 55 heavy (non-hydrogen) atoms. The van der Waals surface area contributed by atoms with Crippen molar-refractivity contribution in [1.82, 2.24) is 15.1 Å². The zero-order valence-corrected chi connectivity index (χ0v) is 33.2. The highest BCUT2D eigenvalue weighted by molar-refractivity contribution is 7.99. The summed E-state index contributed by atoms with van der Waals surface area (Å²) in [6, 6.07) is 3.38. The zero-order valence-electron chi connectivity index (χ0n) is 32.4. The monoisotopic (exact) mass is 779 g/mol. The SMILES string of the molecule is COc1cc2c(cc1O)CCN[C@]21CSCC2[C@@H](N(C)C)c3c(cc(C)c(OC)c3O)C[C@H](O)N2[C@H](c2c(C)c(OC(C)=O)c(C)c3c2OCO3)COC1=O. The summed E-state index contributed by atoms with van der Waals surface area (Å²) in [4.78, 5) is 31.2. The van der Waals surface area contributed by atoms with Crippen LogP contribution in [0.4, 0.5) is 0 Å². The number of nitrogens with one attached hydrogen (secondary N) is 1. The molecule has 4 aliphatic heterocycles. The molecule has 5 atom stereocenters. The predicted molar refractivity (Wildman–Crippen MR) is 204 cm³/mol. The van der Waals surface area contributed by atoms with E-state index >= 15 is 0 Å². The Bertz CT molecular complexity index is 2040. The molecular weight excluding hydrogens is 731 g/mol. The van der Waals surface area contributed by atoms with E-state index in [1.807, 2.05) is 43.8 Å². The molecule has 14 nitrogen and oxygen atoms in total. The predicted octanol–water partition coefficient (Wildman–Crippen LogP) is 3.91. The van der Waals surface area contributed by atoms with Crippen molar-refractivity contribution in [3.05, 3.63) is 62.7 Å². The second-order valence-corrected chi connectivity index (χ2v) is 15.8. The van der Waals surface area contributed by atoms with Crippen molar-refractivity contribution in [3.8, 4) is 40.2 Å². The summed E-state index contributed by atoms with van der Waals surface area (Å²) in [5.74, 6) is 1.24. The molecule has 296 valence electrons. The van der Waals surface area contributed by atoms with Crippen LogP contribution in [0, 0.1) is 20.8 Å². The number of aryl methyl sites for hydroxylation is 1. The van der Waals surface area contributed by atoms with Crippen LogP contribution in [0.2, 0.25) is 0 Å². The molecule has 7 rings (SSSR count). The Balaban J connectivity index is 1.47. The quantitative estimate of drug-likeness (QED) is 0.217. The highest BCUT2D eigenvalue weighted by atomic mass is 32.2. The van der Waals surface area contributed by atoms with Gasteiger partial charge >= 0.3 is 11.9 Å². The highest BCUT2D eigenvalue weighted by Crippen LogP contribution is 2.53. The smallest absolute Gasteiger partial charge is 0.331 e. The van der Waals surface area contributed by atoms with Gasteiger partial charge < -0.3 is 48.6 Å². The van der Waals surface area contributed by atoms with Gasteiger partial charge in [0.2, 0.25) is 6.79 Å². The van der Waals surface area contributed by atoms with Gasteiger partial charge in [-0.05, 0) is 75.7 Å². The molecule has 1 saturated heterocycles. The number of methoxy groups -OCH3 is 2. The number of nitrogens with zero attached hydrogens (tertiary/aromatic N) is 2. The van der Waals surface area contributed by atoms with E-state index in [0.29, 0.717) is 69.5 Å². The van der Waals surface area contributed by atoms with Crippen LogP contribution in [0.1, 0.15) is 63.5 Å². The fourth-order valence-electron chi connectivity index (χ4n) is 9.04. The summed E-state index contributed by atoms with van der Waals surface area (Å²) < 4.78 is 35.6. The second kappa shape index (κ2) is 14.9. The molecule has 3 aromatic carbocycles. The Kier molecular flexibility index (Phi) is 10.5. The van der Waals surface area contributed by atoms with E-state index in [0.717, 1.165) is 16.7 Å². The Hall–Kier alpha value is -4.41. The lowest BCUT2D eigenvalue weighted by Gasteiger charge is -2.46. The van der Waals surface area contributed by atoms with Crippen LogP contribution >= 0.6 is 11.8 Å². The van der Waals surface area contributed by atoms with Crippen LogP contribution in [0.25, 0.3) is 0 Å².